The van der Waals surface area contributed by atoms with Crippen LogP contribution in [-0.4, -0.2) is 22.9 Å². The van der Waals surface area contributed by atoms with E-state index < -0.39 is 17.7 Å². The van der Waals surface area contributed by atoms with Gasteiger partial charge in [-0.05, 0) is 69.3 Å². The van der Waals surface area contributed by atoms with Crippen LogP contribution in [0, 0.1) is 6.92 Å². The van der Waals surface area contributed by atoms with Crippen LogP contribution >= 0.6 is 11.6 Å². The Morgan fingerprint density at radius 3 is 2.44 bits per heavy atom. The highest BCUT2D eigenvalue weighted by molar-refractivity contribution is 6.51. The van der Waals surface area contributed by atoms with E-state index in [4.69, 9.17) is 20.8 Å². The molecule has 1 amide bonds. The minimum absolute atomic E-state index is 0.0546. The van der Waals surface area contributed by atoms with E-state index in [1.165, 1.54) is 4.90 Å². The molecule has 6 nitrogen and oxygen atoms in total. The number of amides is 1. The number of carbonyl (C=O) groups is 2. The number of halogens is 1. The van der Waals surface area contributed by atoms with Crippen LogP contribution in [0.3, 0.4) is 0 Å². The smallest absolute Gasteiger partial charge is 0.300 e. The van der Waals surface area contributed by atoms with Crippen molar-refractivity contribution in [1.82, 2.24) is 0 Å². The molecule has 2 heterocycles. The fourth-order valence-corrected chi connectivity index (χ4v) is 3.84. The number of carbonyl (C=O) groups excluding carboxylic acids is 2. The van der Waals surface area contributed by atoms with Gasteiger partial charge in [0.15, 0.2) is 0 Å². The van der Waals surface area contributed by atoms with Crippen LogP contribution < -0.4 is 9.64 Å². The molecule has 3 aromatic rings. The van der Waals surface area contributed by atoms with E-state index in [0.717, 1.165) is 0 Å². The van der Waals surface area contributed by atoms with Gasteiger partial charge in [0.2, 0.25) is 0 Å². The minimum atomic E-state index is -0.931. The number of hydrogen-bond donors (Lipinski definition) is 1. The van der Waals surface area contributed by atoms with E-state index in [-0.39, 0.29) is 17.4 Å². The fraction of sp³-hybridized carbons (Fsp3) is 0.200. The quantitative estimate of drug-likeness (QED) is 0.308. The molecule has 1 aromatic heterocycles. The molecule has 7 heteroatoms. The van der Waals surface area contributed by atoms with Crippen molar-refractivity contribution in [3.8, 4) is 5.75 Å². The second-order valence-corrected chi connectivity index (χ2v) is 8.22. The third-order valence-electron chi connectivity index (χ3n) is 5.06. The Labute approximate surface area is 190 Å². The number of aliphatic hydroxyl groups excluding tert-OH is 1. The van der Waals surface area contributed by atoms with Gasteiger partial charge in [-0.3, -0.25) is 14.5 Å². The Balaban J connectivity index is 1.88. The SMILES string of the molecule is Cc1ccc(C2/C(=C(/O)c3cccc(OC(C)C)c3)C(=O)C(=O)N2c2ccc(Cl)cc2)o1. The summed E-state index contributed by atoms with van der Waals surface area (Å²) in [5, 5.41) is 11.7. The van der Waals surface area contributed by atoms with E-state index in [1.807, 2.05) is 13.8 Å². The van der Waals surface area contributed by atoms with Crippen molar-refractivity contribution in [2.75, 3.05) is 4.90 Å². The number of aliphatic hydroxyl groups is 1. The van der Waals surface area contributed by atoms with Gasteiger partial charge in [0.1, 0.15) is 29.1 Å². The first kappa shape index (κ1) is 21.7. The predicted molar refractivity (Wildman–Crippen MR) is 122 cm³/mol. The van der Waals surface area contributed by atoms with E-state index >= 15 is 0 Å². The van der Waals surface area contributed by atoms with Crippen LogP contribution in [0.5, 0.6) is 5.75 Å². The average molecular weight is 452 g/mol. The number of aryl methyl sites for hydroxylation is 1. The highest BCUT2D eigenvalue weighted by Crippen LogP contribution is 2.43. The first-order valence-corrected chi connectivity index (χ1v) is 10.5. The molecular formula is C25H22ClNO5. The Bertz CT molecular complexity index is 1210. The number of hydrogen-bond acceptors (Lipinski definition) is 5. The number of ether oxygens (including phenoxy) is 1. The predicted octanol–water partition coefficient (Wildman–Crippen LogP) is 5.65. The summed E-state index contributed by atoms with van der Waals surface area (Å²) in [6.45, 7) is 5.55. The number of nitrogens with zero attached hydrogens (tertiary/aromatic N) is 1. The number of rotatable bonds is 5. The van der Waals surface area contributed by atoms with Crippen LogP contribution in [0.15, 0.2) is 70.7 Å². The van der Waals surface area contributed by atoms with Gasteiger partial charge in [-0.15, -0.1) is 0 Å². The summed E-state index contributed by atoms with van der Waals surface area (Å²) >= 11 is 6.00. The molecule has 2 aromatic carbocycles. The molecule has 0 bridgehead atoms. The van der Waals surface area contributed by atoms with Crippen LogP contribution in [-0.2, 0) is 9.59 Å². The standard InChI is InChI=1S/C25H22ClNO5/c1-14(2)31-19-6-4-5-16(13-19)23(28)21-22(20-12-7-15(3)32-20)27(25(30)24(21)29)18-10-8-17(26)9-11-18/h4-14,22,28H,1-3H3/b23-21-. The zero-order chi connectivity index (χ0) is 23.0. The lowest BCUT2D eigenvalue weighted by molar-refractivity contribution is -0.132. The molecule has 0 aliphatic carbocycles. The highest BCUT2D eigenvalue weighted by Gasteiger charge is 2.48. The molecule has 1 aliphatic heterocycles. The normalized spacial score (nSPS) is 17.9. The summed E-state index contributed by atoms with van der Waals surface area (Å²) in [5.74, 6) is -0.328. The van der Waals surface area contributed by atoms with Crippen LogP contribution in [0.25, 0.3) is 5.76 Å². The maximum Gasteiger partial charge on any atom is 0.300 e. The zero-order valence-corrected chi connectivity index (χ0v) is 18.6. The Morgan fingerprint density at radius 1 is 1.09 bits per heavy atom. The first-order valence-electron chi connectivity index (χ1n) is 10.2. The summed E-state index contributed by atoms with van der Waals surface area (Å²) in [6, 6.07) is 15.8. The number of ketones is 1. The summed E-state index contributed by atoms with van der Waals surface area (Å²) in [7, 11) is 0. The van der Waals surface area contributed by atoms with Crippen molar-refractivity contribution in [1.29, 1.82) is 0 Å². The molecule has 1 N–H and O–H groups in total. The molecular weight excluding hydrogens is 430 g/mol. The third kappa shape index (κ3) is 4.01. The molecule has 0 radical (unpaired) electrons. The average Bonchev–Trinajstić information content (AvgIpc) is 3.29. The number of benzene rings is 2. The summed E-state index contributed by atoms with van der Waals surface area (Å²) in [6.07, 6.45) is -0.0611. The Kier molecular flexibility index (Phi) is 5.80. The Morgan fingerprint density at radius 2 is 1.81 bits per heavy atom. The van der Waals surface area contributed by atoms with E-state index in [1.54, 1.807) is 67.6 Å². The first-order chi connectivity index (χ1) is 15.3. The molecule has 1 saturated heterocycles. The number of Topliss-reactive ketones (excluding diaryl/α,β-unsaturated/α-hetero) is 1. The summed E-state index contributed by atoms with van der Waals surface area (Å²) in [4.78, 5) is 27.5. The van der Waals surface area contributed by atoms with Crippen molar-refractivity contribution < 1.29 is 23.8 Å². The van der Waals surface area contributed by atoms with E-state index in [2.05, 4.69) is 0 Å². The topological polar surface area (TPSA) is 80.0 Å². The van der Waals surface area contributed by atoms with Gasteiger partial charge in [-0.2, -0.15) is 0 Å². The van der Waals surface area contributed by atoms with E-state index in [0.29, 0.717) is 33.5 Å². The minimum Gasteiger partial charge on any atom is -0.507 e. The van der Waals surface area contributed by atoms with Crippen molar-refractivity contribution in [3.05, 3.63) is 88.3 Å². The second kappa shape index (κ2) is 8.55. The largest absolute Gasteiger partial charge is 0.507 e. The third-order valence-corrected chi connectivity index (χ3v) is 5.31. The van der Waals surface area contributed by atoms with Gasteiger partial charge in [0, 0.05) is 16.3 Å². The van der Waals surface area contributed by atoms with Gasteiger partial charge in [-0.25, -0.2) is 0 Å². The molecule has 32 heavy (non-hydrogen) atoms. The molecule has 1 aliphatic rings. The van der Waals surface area contributed by atoms with Crippen LogP contribution in [0.1, 0.15) is 37.0 Å². The van der Waals surface area contributed by atoms with Gasteiger partial charge in [0.05, 0.1) is 11.7 Å². The van der Waals surface area contributed by atoms with Gasteiger partial charge >= 0.3 is 0 Å². The van der Waals surface area contributed by atoms with Gasteiger partial charge < -0.3 is 14.3 Å². The van der Waals surface area contributed by atoms with Gasteiger partial charge in [-0.1, -0.05) is 23.7 Å². The maximum absolute atomic E-state index is 13.1. The highest BCUT2D eigenvalue weighted by atomic mass is 35.5. The van der Waals surface area contributed by atoms with Crippen molar-refractivity contribution in [2.24, 2.45) is 0 Å². The fourth-order valence-electron chi connectivity index (χ4n) is 3.71. The van der Waals surface area contributed by atoms with Crippen molar-refractivity contribution in [3.63, 3.8) is 0 Å². The number of furan rings is 1. The number of anilines is 1. The molecule has 164 valence electrons. The molecule has 1 fully saturated rings. The van der Waals surface area contributed by atoms with Crippen molar-refractivity contribution in [2.45, 2.75) is 32.9 Å². The molecule has 0 saturated carbocycles. The monoisotopic (exact) mass is 451 g/mol. The molecule has 0 spiro atoms. The lowest BCUT2D eigenvalue weighted by Crippen LogP contribution is -2.29. The lowest BCUT2D eigenvalue weighted by Gasteiger charge is -2.23. The maximum atomic E-state index is 13.1. The van der Waals surface area contributed by atoms with Crippen LogP contribution in [0.4, 0.5) is 5.69 Å². The molecule has 1 unspecified atom stereocenters. The van der Waals surface area contributed by atoms with E-state index in [9.17, 15) is 14.7 Å². The Hall–Kier alpha value is -3.51. The second-order valence-electron chi connectivity index (χ2n) is 7.79. The zero-order valence-electron chi connectivity index (χ0n) is 17.8. The van der Waals surface area contributed by atoms with Gasteiger partial charge in [0.25, 0.3) is 11.7 Å². The van der Waals surface area contributed by atoms with Crippen molar-refractivity contribution >= 4 is 34.7 Å². The molecule has 4 rings (SSSR count). The molecule has 1 atom stereocenters. The summed E-state index contributed by atoms with van der Waals surface area (Å²) in [5.41, 5.74) is 0.776. The lowest BCUT2D eigenvalue weighted by atomic mass is 9.99. The summed E-state index contributed by atoms with van der Waals surface area (Å²) < 4.78 is 11.5. The van der Waals surface area contributed by atoms with Crippen LogP contribution in [0.2, 0.25) is 5.02 Å².